The molecule has 7 heteroatoms. The summed E-state index contributed by atoms with van der Waals surface area (Å²) in [5.41, 5.74) is 0.749. The van der Waals surface area contributed by atoms with E-state index < -0.39 is 0 Å². The molecule has 0 aliphatic carbocycles. The van der Waals surface area contributed by atoms with Gasteiger partial charge in [0.25, 0.3) is 5.91 Å². The SMILES string of the molecule is CCOc1ccccc1C(=O)N(CC)CC(=O)Nc1c(Cl)cccc1Cl. The number of halogens is 2. The van der Waals surface area contributed by atoms with Crippen LogP contribution in [0.1, 0.15) is 24.2 Å². The standard InChI is InChI=1S/C19H20Cl2N2O3/c1-3-23(19(25)13-8-5-6-11-16(13)26-4-2)12-17(24)22-18-14(20)9-7-10-15(18)21/h5-11H,3-4,12H2,1-2H3,(H,22,24). The largest absolute Gasteiger partial charge is 0.493 e. The number of para-hydroxylation sites is 2. The molecule has 0 fully saturated rings. The zero-order valence-corrected chi connectivity index (χ0v) is 16.1. The molecule has 5 nitrogen and oxygen atoms in total. The first-order valence-corrected chi connectivity index (χ1v) is 8.98. The zero-order chi connectivity index (χ0) is 19.1. The van der Waals surface area contributed by atoms with Crippen LogP contribution in [-0.4, -0.2) is 36.4 Å². The van der Waals surface area contributed by atoms with E-state index in [0.717, 1.165) is 0 Å². The molecule has 0 saturated heterocycles. The molecule has 0 unspecified atom stereocenters. The Balaban J connectivity index is 2.14. The van der Waals surface area contributed by atoms with Crippen LogP contribution in [-0.2, 0) is 4.79 Å². The van der Waals surface area contributed by atoms with E-state index in [9.17, 15) is 9.59 Å². The molecular formula is C19H20Cl2N2O3. The van der Waals surface area contributed by atoms with E-state index in [2.05, 4.69) is 5.32 Å². The molecule has 0 radical (unpaired) electrons. The maximum Gasteiger partial charge on any atom is 0.258 e. The third-order valence-corrected chi connectivity index (χ3v) is 4.28. The molecule has 138 valence electrons. The lowest BCUT2D eigenvalue weighted by molar-refractivity contribution is -0.116. The van der Waals surface area contributed by atoms with Crippen molar-refractivity contribution in [3.8, 4) is 5.75 Å². The van der Waals surface area contributed by atoms with Crippen LogP contribution in [0.3, 0.4) is 0 Å². The van der Waals surface area contributed by atoms with Crippen molar-refractivity contribution < 1.29 is 14.3 Å². The maximum atomic E-state index is 12.8. The van der Waals surface area contributed by atoms with Gasteiger partial charge in [0.2, 0.25) is 5.91 Å². The van der Waals surface area contributed by atoms with E-state index >= 15 is 0 Å². The second-order valence-electron chi connectivity index (χ2n) is 5.39. The van der Waals surface area contributed by atoms with Crippen LogP contribution >= 0.6 is 23.2 Å². The Morgan fingerprint density at radius 1 is 1.04 bits per heavy atom. The van der Waals surface area contributed by atoms with Crippen LogP contribution in [0.15, 0.2) is 42.5 Å². The Labute approximate surface area is 162 Å². The van der Waals surface area contributed by atoms with Gasteiger partial charge in [-0.3, -0.25) is 9.59 Å². The summed E-state index contributed by atoms with van der Waals surface area (Å²) in [5.74, 6) is -0.172. The Bertz CT molecular complexity index is 776. The Morgan fingerprint density at radius 2 is 1.69 bits per heavy atom. The average Bonchev–Trinajstić information content (AvgIpc) is 2.63. The molecule has 0 atom stereocenters. The highest BCUT2D eigenvalue weighted by Gasteiger charge is 2.21. The molecule has 1 N–H and O–H groups in total. The summed E-state index contributed by atoms with van der Waals surface area (Å²) >= 11 is 12.1. The molecule has 2 aromatic carbocycles. The summed E-state index contributed by atoms with van der Waals surface area (Å²) in [7, 11) is 0. The molecular weight excluding hydrogens is 375 g/mol. The molecule has 0 aromatic heterocycles. The summed E-state index contributed by atoms with van der Waals surface area (Å²) in [6.07, 6.45) is 0. The predicted molar refractivity (Wildman–Crippen MR) is 104 cm³/mol. The lowest BCUT2D eigenvalue weighted by atomic mass is 10.1. The number of carbonyl (C=O) groups excluding carboxylic acids is 2. The molecule has 2 rings (SSSR count). The predicted octanol–water partition coefficient (Wildman–Crippen LogP) is 4.49. The Hall–Kier alpha value is -2.24. The molecule has 2 amide bonds. The van der Waals surface area contributed by atoms with Gasteiger partial charge in [0, 0.05) is 6.54 Å². The van der Waals surface area contributed by atoms with E-state index in [0.29, 0.717) is 40.2 Å². The molecule has 26 heavy (non-hydrogen) atoms. The van der Waals surface area contributed by atoms with Crippen molar-refractivity contribution in [2.24, 2.45) is 0 Å². The first kappa shape index (κ1) is 20.1. The summed E-state index contributed by atoms with van der Waals surface area (Å²) in [6.45, 7) is 4.33. The van der Waals surface area contributed by atoms with Gasteiger partial charge in [0.05, 0.1) is 27.9 Å². The average molecular weight is 395 g/mol. The second-order valence-corrected chi connectivity index (χ2v) is 6.21. The smallest absolute Gasteiger partial charge is 0.258 e. The fraction of sp³-hybridized carbons (Fsp3) is 0.263. The normalized spacial score (nSPS) is 10.3. The summed E-state index contributed by atoms with van der Waals surface area (Å²) in [5, 5.41) is 3.33. The molecule has 0 aliphatic rings. The number of rotatable bonds is 7. The van der Waals surface area contributed by atoms with Gasteiger partial charge in [-0.2, -0.15) is 0 Å². The number of amides is 2. The van der Waals surface area contributed by atoms with Crippen molar-refractivity contribution in [3.05, 3.63) is 58.1 Å². The minimum Gasteiger partial charge on any atom is -0.493 e. The van der Waals surface area contributed by atoms with Crippen LogP contribution in [0.2, 0.25) is 10.0 Å². The topological polar surface area (TPSA) is 58.6 Å². The maximum absolute atomic E-state index is 12.8. The lowest BCUT2D eigenvalue weighted by Crippen LogP contribution is -2.38. The molecule has 2 aromatic rings. The van der Waals surface area contributed by atoms with Crippen LogP contribution < -0.4 is 10.1 Å². The summed E-state index contributed by atoms with van der Waals surface area (Å²) < 4.78 is 5.50. The van der Waals surface area contributed by atoms with Gasteiger partial charge in [-0.05, 0) is 38.1 Å². The van der Waals surface area contributed by atoms with Crippen molar-refractivity contribution in [2.45, 2.75) is 13.8 Å². The monoisotopic (exact) mass is 394 g/mol. The van der Waals surface area contributed by atoms with Gasteiger partial charge < -0.3 is 15.0 Å². The number of nitrogens with one attached hydrogen (secondary N) is 1. The molecule has 0 saturated carbocycles. The van der Waals surface area contributed by atoms with Crippen LogP contribution in [0, 0.1) is 0 Å². The van der Waals surface area contributed by atoms with E-state index in [1.165, 1.54) is 4.90 Å². The Kier molecular flexibility index (Phi) is 7.30. The highest BCUT2D eigenvalue weighted by molar-refractivity contribution is 6.39. The molecule has 0 aliphatic heterocycles. The number of nitrogens with zero attached hydrogens (tertiary/aromatic N) is 1. The van der Waals surface area contributed by atoms with Gasteiger partial charge in [0.15, 0.2) is 0 Å². The zero-order valence-electron chi connectivity index (χ0n) is 14.6. The highest BCUT2D eigenvalue weighted by Crippen LogP contribution is 2.29. The first-order valence-electron chi connectivity index (χ1n) is 8.22. The number of benzene rings is 2. The fourth-order valence-corrected chi connectivity index (χ4v) is 2.88. The Morgan fingerprint density at radius 3 is 2.31 bits per heavy atom. The van der Waals surface area contributed by atoms with Crippen LogP contribution in [0.25, 0.3) is 0 Å². The first-order chi connectivity index (χ1) is 12.5. The number of carbonyl (C=O) groups is 2. The second kappa shape index (κ2) is 9.46. The van der Waals surface area contributed by atoms with Crippen molar-refractivity contribution in [3.63, 3.8) is 0 Å². The molecule has 0 heterocycles. The van der Waals surface area contributed by atoms with Crippen molar-refractivity contribution >= 4 is 40.7 Å². The summed E-state index contributed by atoms with van der Waals surface area (Å²) in [6, 6.07) is 11.9. The third-order valence-electron chi connectivity index (χ3n) is 3.65. The quantitative estimate of drug-likeness (QED) is 0.752. The molecule has 0 spiro atoms. The van der Waals surface area contributed by atoms with Crippen molar-refractivity contribution in [2.75, 3.05) is 25.0 Å². The number of anilines is 1. The number of likely N-dealkylation sites (N-methyl/N-ethyl adjacent to an activating group) is 1. The number of hydrogen-bond donors (Lipinski definition) is 1. The minimum absolute atomic E-state index is 0.128. The van der Waals surface area contributed by atoms with E-state index in [-0.39, 0.29) is 18.4 Å². The van der Waals surface area contributed by atoms with Gasteiger partial charge in [-0.15, -0.1) is 0 Å². The highest BCUT2D eigenvalue weighted by atomic mass is 35.5. The van der Waals surface area contributed by atoms with Gasteiger partial charge in [-0.25, -0.2) is 0 Å². The third kappa shape index (κ3) is 4.90. The van der Waals surface area contributed by atoms with Gasteiger partial charge >= 0.3 is 0 Å². The summed E-state index contributed by atoms with van der Waals surface area (Å²) in [4.78, 5) is 26.6. The van der Waals surface area contributed by atoms with Crippen molar-refractivity contribution in [1.29, 1.82) is 0 Å². The van der Waals surface area contributed by atoms with Gasteiger partial charge in [0.1, 0.15) is 12.3 Å². The van der Waals surface area contributed by atoms with Crippen molar-refractivity contribution in [1.82, 2.24) is 4.90 Å². The van der Waals surface area contributed by atoms with E-state index in [1.807, 2.05) is 6.92 Å². The number of hydrogen-bond acceptors (Lipinski definition) is 3. The van der Waals surface area contributed by atoms with Crippen LogP contribution in [0.5, 0.6) is 5.75 Å². The number of ether oxygens (including phenoxy) is 1. The van der Waals surface area contributed by atoms with E-state index in [4.69, 9.17) is 27.9 Å². The molecule has 0 bridgehead atoms. The lowest BCUT2D eigenvalue weighted by Gasteiger charge is -2.22. The van der Waals surface area contributed by atoms with E-state index in [1.54, 1.807) is 49.4 Å². The van der Waals surface area contributed by atoms with Gasteiger partial charge in [-0.1, -0.05) is 41.4 Å². The fourth-order valence-electron chi connectivity index (χ4n) is 2.39. The minimum atomic E-state index is -0.385. The van der Waals surface area contributed by atoms with Crippen LogP contribution in [0.4, 0.5) is 5.69 Å².